The van der Waals surface area contributed by atoms with Gasteiger partial charge in [0.2, 0.25) is 0 Å². The molecule has 5 nitrogen and oxygen atoms in total. The van der Waals surface area contributed by atoms with Crippen LogP contribution in [0.15, 0.2) is 66.7 Å². The second kappa shape index (κ2) is 11.8. The fourth-order valence-electron chi connectivity index (χ4n) is 3.77. The summed E-state index contributed by atoms with van der Waals surface area (Å²) < 4.78 is 6.14. The molecule has 0 spiro atoms. The fourth-order valence-corrected chi connectivity index (χ4v) is 3.77. The Bertz CT molecular complexity index is 1000. The number of nitrogens with one attached hydrogen (secondary N) is 1. The van der Waals surface area contributed by atoms with Gasteiger partial charge in [-0.05, 0) is 44.5 Å². The first-order valence-electron chi connectivity index (χ1n) is 11.3. The molecule has 2 atom stereocenters. The third-order valence-corrected chi connectivity index (χ3v) is 5.61. The van der Waals surface area contributed by atoms with Crippen molar-refractivity contribution < 1.29 is 14.6 Å². The van der Waals surface area contributed by atoms with Crippen molar-refractivity contribution in [1.29, 1.82) is 0 Å². The van der Waals surface area contributed by atoms with Crippen LogP contribution in [0.2, 0.25) is 0 Å². The fraction of sp³-hybridized carbons (Fsp3) is 0.370. The number of hydrogen-bond acceptors (Lipinski definition) is 5. The van der Waals surface area contributed by atoms with E-state index in [-0.39, 0.29) is 11.8 Å². The zero-order valence-corrected chi connectivity index (χ0v) is 19.3. The van der Waals surface area contributed by atoms with Crippen LogP contribution < -0.4 is 10.1 Å². The van der Waals surface area contributed by atoms with Crippen molar-refractivity contribution >= 4 is 16.6 Å². The number of carbonyl (C=O) groups excluding carboxylic acids is 1. The van der Waals surface area contributed by atoms with Crippen molar-refractivity contribution in [1.82, 2.24) is 10.2 Å². The van der Waals surface area contributed by atoms with Gasteiger partial charge in [-0.15, -0.1) is 0 Å². The molecule has 0 heterocycles. The Morgan fingerprint density at radius 2 is 1.75 bits per heavy atom. The second-order valence-electron chi connectivity index (χ2n) is 8.44. The quantitative estimate of drug-likeness (QED) is 0.326. The number of benzene rings is 3. The molecule has 0 saturated carbocycles. The SMILES string of the molecule is CC(NCCC(=O)c1ccc2ccccc2c1OCCCN(C)C)C(O)c1ccccc1. The van der Waals surface area contributed by atoms with Crippen LogP contribution in [0.3, 0.4) is 0 Å². The minimum atomic E-state index is -0.623. The third-order valence-electron chi connectivity index (χ3n) is 5.61. The lowest BCUT2D eigenvalue weighted by Gasteiger charge is -2.21. The highest BCUT2D eigenvalue weighted by molar-refractivity contribution is 6.05. The molecule has 3 aromatic rings. The van der Waals surface area contributed by atoms with Crippen LogP contribution in [0, 0.1) is 0 Å². The van der Waals surface area contributed by atoms with Gasteiger partial charge in [0.25, 0.3) is 0 Å². The molecule has 2 N–H and O–H groups in total. The molecule has 32 heavy (non-hydrogen) atoms. The van der Waals surface area contributed by atoms with Crippen molar-refractivity contribution in [3.63, 3.8) is 0 Å². The summed E-state index contributed by atoms with van der Waals surface area (Å²) in [6.45, 7) is 3.90. The van der Waals surface area contributed by atoms with Gasteiger partial charge in [-0.1, -0.05) is 60.7 Å². The summed E-state index contributed by atoms with van der Waals surface area (Å²) in [5, 5.41) is 15.8. The predicted molar refractivity (Wildman–Crippen MR) is 130 cm³/mol. The smallest absolute Gasteiger partial charge is 0.167 e. The lowest BCUT2D eigenvalue weighted by Crippen LogP contribution is -2.33. The molecule has 0 bridgehead atoms. The number of ether oxygens (including phenoxy) is 1. The number of aliphatic hydroxyl groups excluding tert-OH is 1. The van der Waals surface area contributed by atoms with Crippen LogP contribution in [0.5, 0.6) is 5.75 Å². The molecule has 0 aliphatic carbocycles. The molecule has 0 aliphatic heterocycles. The van der Waals surface area contributed by atoms with Crippen LogP contribution in [-0.2, 0) is 0 Å². The molecule has 3 rings (SSSR count). The lowest BCUT2D eigenvalue weighted by molar-refractivity contribution is 0.0968. The zero-order chi connectivity index (χ0) is 22.9. The summed E-state index contributed by atoms with van der Waals surface area (Å²) in [4.78, 5) is 15.2. The zero-order valence-electron chi connectivity index (χ0n) is 19.3. The number of fused-ring (bicyclic) bond motifs is 1. The average Bonchev–Trinajstić information content (AvgIpc) is 2.81. The Labute approximate surface area is 191 Å². The van der Waals surface area contributed by atoms with Gasteiger partial charge in [0.15, 0.2) is 5.78 Å². The van der Waals surface area contributed by atoms with E-state index in [1.165, 1.54) is 0 Å². The molecule has 0 radical (unpaired) electrons. The molecular weight excluding hydrogens is 400 g/mol. The normalized spacial score (nSPS) is 13.3. The highest BCUT2D eigenvalue weighted by Crippen LogP contribution is 2.31. The van der Waals surface area contributed by atoms with E-state index >= 15 is 0 Å². The molecule has 0 amide bonds. The number of carbonyl (C=O) groups is 1. The van der Waals surface area contributed by atoms with E-state index in [1.807, 2.05) is 87.7 Å². The van der Waals surface area contributed by atoms with E-state index in [4.69, 9.17) is 4.74 Å². The topological polar surface area (TPSA) is 61.8 Å². The van der Waals surface area contributed by atoms with Crippen LogP contribution >= 0.6 is 0 Å². The number of Topliss-reactive ketones (excluding diaryl/α,β-unsaturated/α-hetero) is 1. The minimum Gasteiger partial charge on any atom is -0.492 e. The van der Waals surface area contributed by atoms with Crippen molar-refractivity contribution in [3.8, 4) is 5.75 Å². The number of rotatable bonds is 12. The van der Waals surface area contributed by atoms with E-state index in [0.717, 1.165) is 29.3 Å². The first kappa shape index (κ1) is 23.9. The van der Waals surface area contributed by atoms with E-state index in [1.54, 1.807) is 0 Å². The van der Waals surface area contributed by atoms with Crippen molar-refractivity contribution in [2.24, 2.45) is 0 Å². The second-order valence-corrected chi connectivity index (χ2v) is 8.44. The Balaban J connectivity index is 1.65. The van der Waals surface area contributed by atoms with Crippen LogP contribution in [-0.4, -0.2) is 55.6 Å². The number of hydrogen-bond donors (Lipinski definition) is 2. The maximum atomic E-state index is 13.1. The molecular formula is C27H34N2O3. The Hall–Kier alpha value is -2.73. The Morgan fingerprint density at radius 3 is 2.50 bits per heavy atom. The van der Waals surface area contributed by atoms with Gasteiger partial charge < -0.3 is 20.1 Å². The maximum Gasteiger partial charge on any atom is 0.167 e. The Kier molecular flexibility index (Phi) is 8.80. The molecule has 0 aliphatic rings. The van der Waals surface area contributed by atoms with E-state index < -0.39 is 6.10 Å². The van der Waals surface area contributed by atoms with E-state index in [9.17, 15) is 9.90 Å². The summed E-state index contributed by atoms with van der Waals surface area (Å²) in [6, 6.07) is 21.2. The maximum absolute atomic E-state index is 13.1. The van der Waals surface area contributed by atoms with Gasteiger partial charge in [0.1, 0.15) is 5.75 Å². The largest absolute Gasteiger partial charge is 0.492 e. The van der Waals surface area contributed by atoms with Gasteiger partial charge >= 0.3 is 0 Å². The molecule has 0 fully saturated rings. The average molecular weight is 435 g/mol. The van der Waals surface area contributed by atoms with Crippen LogP contribution in [0.25, 0.3) is 10.8 Å². The van der Waals surface area contributed by atoms with Gasteiger partial charge in [-0.2, -0.15) is 0 Å². The first-order valence-corrected chi connectivity index (χ1v) is 11.3. The first-order chi connectivity index (χ1) is 15.5. The van der Waals surface area contributed by atoms with Gasteiger partial charge in [-0.25, -0.2) is 0 Å². The number of ketones is 1. The highest BCUT2D eigenvalue weighted by Gasteiger charge is 2.18. The molecule has 0 saturated heterocycles. The minimum absolute atomic E-state index is 0.0345. The summed E-state index contributed by atoms with van der Waals surface area (Å²) in [6.07, 6.45) is 0.598. The summed E-state index contributed by atoms with van der Waals surface area (Å²) in [5.41, 5.74) is 1.48. The molecule has 0 aromatic heterocycles. The highest BCUT2D eigenvalue weighted by atomic mass is 16.5. The number of aliphatic hydroxyl groups is 1. The molecule has 3 aromatic carbocycles. The molecule has 5 heteroatoms. The van der Waals surface area contributed by atoms with E-state index in [2.05, 4.69) is 10.2 Å². The van der Waals surface area contributed by atoms with Crippen LogP contribution in [0.4, 0.5) is 0 Å². The van der Waals surface area contributed by atoms with Gasteiger partial charge in [0.05, 0.1) is 18.3 Å². The van der Waals surface area contributed by atoms with Gasteiger partial charge in [-0.3, -0.25) is 4.79 Å². The van der Waals surface area contributed by atoms with E-state index in [0.29, 0.717) is 30.9 Å². The predicted octanol–water partition coefficient (Wildman–Crippen LogP) is 4.45. The van der Waals surface area contributed by atoms with Crippen LogP contribution in [0.1, 0.15) is 41.8 Å². The molecule has 2 unspecified atom stereocenters. The number of nitrogens with zero attached hydrogens (tertiary/aromatic N) is 1. The molecule has 170 valence electrons. The standard InChI is InChI=1S/C27H34N2O3/c1-20(26(31)22-11-5-4-6-12-22)28-17-16-25(30)24-15-14-21-10-7-8-13-23(21)27(24)32-19-9-18-29(2)3/h4-8,10-15,20,26,28,31H,9,16-19H2,1-3H3. The van der Waals surface area contributed by atoms with Gasteiger partial charge in [0, 0.05) is 30.9 Å². The van der Waals surface area contributed by atoms with Crippen molar-refractivity contribution in [2.75, 3.05) is 33.8 Å². The summed E-state index contributed by atoms with van der Waals surface area (Å²) in [5.74, 6) is 0.705. The van der Waals surface area contributed by atoms with Crippen molar-refractivity contribution in [2.45, 2.75) is 31.9 Å². The lowest BCUT2D eigenvalue weighted by atomic mass is 10.0. The third kappa shape index (κ3) is 6.39. The van der Waals surface area contributed by atoms with Crippen molar-refractivity contribution in [3.05, 3.63) is 77.9 Å². The Morgan fingerprint density at radius 1 is 1.03 bits per heavy atom. The monoisotopic (exact) mass is 434 g/mol. The summed E-state index contributed by atoms with van der Waals surface area (Å²) in [7, 11) is 4.07. The summed E-state index contributed by atoms with van der Waals surface area (Å²) >= 11 is 0.